The van der Waals surface area contributed by atoms with Gasteiger partial charge in [0.25, 0.3) is 9.84 Å². The molecule has 0 atom stereocenters. The Kier molecular flexibility index (Phi) is 4.27. The van der Waals surface area contributed by atoms with Crippen LogP contribution in [0.3, 0.4) is 0 Å². The number of aliphatic imine (C=N–C) groups is 1. The summed E-state index contributed by atoms with van der Waals surface area (Å²) >= 11 is 0. The van der Waals surface area contributed by atoms with Crippen molar-refractivity contribution in [1.29, 1.82) is 0 Å². The molecule has 0 radical (unpaired) electrons. The predicted octanol–water partition coefficient (Wildman–Crippen LogP) is 2.09. The van der Waals surface area contributed by atoms with Crippen LogP contribution in [0.25, 0.3) is 0 Å². The van der Waals surface area contributed by atoms with Gasteiger partial charge in [-0.05, 0) is 29.7 Å². The first-order valence-corrected chi connectivity index (χ1v) is 7.94. The van der Waals surface area contributed by atoms with Crippen LogP contribution in [0, 0.1) is 0 Å². The molecule has 1 aromatic carbocycles. The lowest BCUT2D eigenvalue weighted by molar-refractivity contribution is -0.0436. The van der Waals surface area contributed by atoms with Gasteiger partial charge in [0, 0.05) is 13.0 Å². The molecule has 1 aromatic rings. The summed E-state index contributed by atoms with van der Waals surface area (Å²) < 4.78 is 60.5. The zero-order valence-corrected chi connectivity index (χ0v) is 12.2. The van der Waals surface area contributed by atoms with Gasteiger partial charge in [-0.25, -0.2) is 8.42 Å². The number of rotatable bonds is 4. The summed E-state index contributed by atoms with van der Waals surface area (Å²) in [6.45, 7) is 3.20. The second kappa shape index (κ2) is 5.67. The SMILES string of the molecule is CCc1cc(S(=O)(=O)C(F)(F)F)ccc1CC1=NCCN1. The van der Waals surface area contributed by atoms with Crippen molar-refractivity contribution in [1.82, 2.24) is 5.32 Å². The molecule has 0 aliphatic carbocycles. The number of nitrogens with one attached hydrogen (secondary N) is 1. The molecule has 1 N–H and O–H groups in total. The second-order valence-electron chi connectivity index (χ2n) is 4.67. The van der Waals surface area contributed by atoms with E-state index in [0.717, 1.165) is 30.1 Å². The number of benzene rings is 1. The first-order valence-electron chi connectivity index (χ1n) is 6.46. The van der Waals surface area contributed by atoms with E-state index in [1.165, 1.54) is 6.07 Å². The van der Waals surface area contributed by atoms with Gasteiger partial charge in [-0.2, -0.15) is 13.2 Å². The fraction of sp³-hybridized carbons (Fsp3) is 0.462. The van der Waals surface area contributed by atoms with Crippen LogP contribution in [-0.2, 0) is 22.7 Å². The van der Waals surface area contributed by atoms with E-state index in [2.05, 4.69) is 10.3 Å². The Morgan fingerprint density at radius 3 is 2.52 bits per heavy atom. The molecule has 8 heteroatoms. The molecule has 116 valence electrons. The van der Waals surface area contributed by atoms with E-state index in [-0.39, 0.29) is 0 Å². The van der Waals surface area contributed by atoms with Crippen LogP contribution in [0.15, 0.2) is 28.1 Å². The normalized spacial score (nSPS) is 15.7. The summed E-state index contributed by atoms with van der Waals surface area (Å²) in [5.41, 5.74) is -3.92. The van der Waals surface area contributed by atoms with Gasteiger partial charge in [-0.3, -0.25) is 4.99 Å². The smallest absolute Gasteiger partial charge is 0.372 e. The van der Waals surface area contributed by atoms with Crippen molar-refractivity contribution < 1.29 is 21.6 Å². The molecule has 1 aliphatic rings. The van der Waals surface area contributed by atoms with Crippen LogP contribution in [0.1, 0.15) is 18.1 Å². The van der Waals surface area contributed by atoms with Crippen LogP contribution in [0.2, 0.25) is 0 Å². The first-order chi connectivity index (χ1) is 9.75. The number of nitrogens with zero attached hydrogens (tertiary/aromatic N) is 1. The third-order valence-corrected chi connectivity index (χ3v) is 4.76. The number of halogens is 3. The van der Waals surface area contributed by atoms with Crippen molar-refractivity contribution in [3.05, 3.63) is 29.3 Å². The standard InChI is InChI=1S/C13H15F3N2O2S/c1-2-9-7-11(21(19,20)13(14,15)16)4-3-10(9)8-12-17-5-6-18-12/h3-4,7H,2,5-6,8H2,1H3,(H,17,18). The lowest BCUT2D eigenvalue weighted by atomic mass is 10.0. The highest BCUT2D eigenvalue weighted by Gasteiger charge is 2.46. The summed E-state index contributed by atoms with van der Waals surface area (Å²) in [5.74, 6) is 0.774. The number of aryl methyl sites for hydroxylation is 1. The van der Waals surface area contributed by atoms with Gasteiger partial charge in [-0.1, -0.05) is 13.0 Å². The maximum atomic E-state index is 12.6. The number of alkyl halides is 3. The predicted molar refractivity (Wildman–Crippen MR) is 73.1 cm³/mol. The molecule has 21 heavy (non-hydrogen) atoms. The molecule has 1 aliphatic heterocycles. The van der Waals surface area contributed by atoms with Crippen molar-refractivity contribution in [2.45, 2.75) is 30.2 Å². The van der Waals surface area contributed by atoms with Crippen molar-refractivity contribution in [3.63, 3.8) is 0 Å². The van der Waals surface area contributed by atoms with Crippen LogP contribution in [0.5, 0.6) is 0 Å². The highest BCUT2D eigenvalue weighted by atomic mass is 32.2. The monoisotopic (exact) mass is 320 g/mol. The third kappa shape index (κ3) is 3.20. The summed E-state index contributed by atoms with van der Waals surface area (Å²) in [5, 5.41) is 3.08. The van der Waals surface area contributed by atoms with Crippen LogP contribution < -0.4 is 5.32 Å². The minimum absolute atomic E-state index is 0.448. The Balaban J connectivity index is 2.36. The topological polar surface area (TPSA) is 58.5 Å². The largest absolute Gasteiger partial charge is 0.501 e. The molecule has 0 aromatic heterocycles. The van der Waals surface area contributed by atoms with E-state index < -0.39 is 20.2 Å². The minimum Gasteiger partial charge on any atom is -0.372 e. The Hall–Kier alpha value is -1.57. The average Bonchev–Trinajstić information content (AvgIpc) is 2.90. The third-order valence-electron chi connectivity index (χ3n) is 3.28. The molecular weight excluding hydrogens is 305 g/mol. The van der Waals surface area contributed by atoms with E-state index in [1.54, 1.807) is 6.92 Å². The molecule has 0 saturated heterocycles. The molecule has 0 fully saturated rings. The minimum atomic E-state index is -5.30. The van der Waals surface area contributed by atoms with Crippen molar-refractivity contribution in [2.75, 3.05) is 13.1 Å². The number of hydrogen-bond donors (Lipinski definition) is 1. The molecular formula is C13H15F3N2O2S. The quantitative estimate of drug-likeness (QED) is 0.924. The zero-order chi connectivity index (χ0) is 15.7. The molecule has 0 spiro atoms. The molecule has 0 saturated carbocycles. The summed E-state index contributed by atoms with van der Waals surface area (Å²) in [7, 11) is -5.30. The number of amidine groups is 1. The van der Waals surface area contributed by atoms with E-state index >= 15 is 0 Å². The Labute approximate surface area is 121 Å². The van der Waals surface area contributed by atoms with Gasteiger partial charge in [0.05, 0.1) is 11.4 Å². The molecule has 1 heterocycles. The van der Waals surface area contributed by atoms with Gasteiger partial charge in [-0.15, -0.1) is 0 Å². The average molecular weight is 320 g/mol. The number of sulfone groups is 1. The second-order valence-corrected chi connectivity index (χ2v) is 6.61. The Morgan fingerprint density at radius 2 is 2.00 bits per heavy atom. The molecule has 2 rings (SSSR count). The lowest BCUT2D eigenvalue weighted by Crippen LogP contribution is -2.24. The van der Waals surface area contributed by atoms with Gasteiger partial charge in [0.1, 0.15) is 5.84 Å². The highest BCUT2D eigenvalue weighted by Crippen LogP contribution is 2.31. The summed E-state index contributed by atoms with van der Waals surface area (Å²) in [4.78, 5) is 3.51. The van der Waals surface area contributed by atoms with Crippen molar-refractivity contribution in [3.8, 4) is 0 Å². The van der Waals surface area contributed by atoms with Crippen LogP contribution in [-0.4, -0.2) is 32.9 Å². The first kappa shape index (κ1) is 15.8. The summed E-state index contributed by atoms with van der Waals surface area (Å²) in [6, 6.07) is 3.54. The van der Waals surface area contributed by atoms with Crippen molar-refractivity contribution >= 4 is 15.7 Å². The lowest BCUT2D eigenvalue weighted by Gasteiger charge is -2.13. The maximum absolute atomic E-state index is 12.6. The molecule has 0 unspecified atom stereocenters. The molecule has 0 bridgehead atoms. The summed E-state index contributed by atoms with van der Waals surface area (Å²) in [6.07, 6.45) is 0.916. The Bertz CT molecular complexity index is 666. The highest BCUT2D eigenvalue weighted by molar-refractivity contribution is 7.92. The van der Waals surface area contributed by atoms with Crippen molar-refractivity contribution in [2.24, 2.45) is 4.99 Å². The van der Waals surface area contributed by atoms with E-state index in [1.807, 2.05) is 0 Å². The molecule has 4 nitrogen and oxygen atoms in total. The maximum Gasteiger partial charge on any atom is 0.501 e. The van der Waals surface area contributed by atoms with Gasteiger partial charge < -0.3 is 5.32 Å². The zero-order valence-electron chi connectivity index (χ0n) is 11.4. The van der Waals surface area contributed by atoms with Gasteiger partial charge in [0.15, 0.2) is 0 Å². The van der Waals surface area contributed by atoms with Gasteiger partial charge in [0.2, 0.25) is 0 Å². The van der Waals surface area contributed by atoms with E-state index in [4.69, 9.17) is 0 Å². The van der Waals surface area contributed by atoms with Gasteiger partial charge >= 0.3 is 5.51 Å². The fourth-order valence-electron chi connectivity index (χ4n) is 2.15. The Morgan fingerprint density at radius 1 is 1.29 bits per heavy atom. The van der Waals surface area contributed by atoms with E-state index in [0.29, 0.717) is 24.9 Å². The van der Waals surface area contributed by atoms with Crippen LogP contribution >= 0.6 is 0 Å². The van der Waals surface area contributed by atoms with E-state index in [9.17, 15) is 21.6 Å². The van der Waals surface area contributed by atoms with Crippen LogP contribution in [0.4, 0.5) is 13.2 Å². The molecule has 0 amide bonds. The number of hydrogen-bond acceptors (Lipinski definition) is 4. The fourth-order valence-corrected chi connectivity index (χ4v) is 2.96.